The highest BCUT2D eigenvalue weighted by Gasteiger charge is 2.31. The maximum absolute atomic E-state index is 12.7. The molecule has 0 aliphatic carbocycles. The van der Waals surface area contributed by atoms with E-state index < -0.39 is 17.6 Å². The molecule has 2 aromatic rings. The quantitative estimate of drug-likeness (QED) is 0.747. The van der Waals surface area contributed by atoms with Gasteiger partial charge in [0.25, 0.3) is 5.91 Å². The fourth-order valence-electron chi connectivity index (χ4n) is 1.48. The molecule has 0 bridgehead atoms. The van der Waals surface area contributed by atoms with Crippen LogP contribution in [0.25, 0.3) is 0 Å². The first-order chi connectivity index (χ1) is 9.27. The molecular weight excluding hydrogens is 407 g/mol. The number of amides is 1. The molecule has 0 saturated carbocycles. The summed E-state index contributed by atoms with van der Waals surface area (Å²) < 4.78 is 43.3. The maximum atomic E-state index is 12.7. The van der Waals surface area contributed by atoms with Crippen LogP contribution in [0.5, 0.6) is 0 Å². The van der Waals surface area contributed by atoms with Gasteiger partial charge in [0.2, 0.25) is 0 Å². The minimum absolute atomic E-state index is 0.0322. The number of halogens is 5. The van der Waals surface area contributed by atoms with Crippen LogP contribution in [0.15, 0.2) is 44.1 Å². The average molecular weight is 413 g/mol. The zero-order valence-electron chi connectivity index (χ0n) is 9.59. The van der Waals surface area contributed by atoms with Crippen LogP contribution < -0.4 is 5.32 Å². The molecule has 0 saturated heterocycles. The highest BCUT2D eigenvalue weighted by molar-refractivity contribution is 9.10. The molecule has 3 nitrogen and oxygen atoms in total. The summed E-state index contributed by atoms with van der Waals surface area (Å²) >= 11 is 6.00. The number of rotatable bonds is 2. The predicted octanol–water partition coefficient (Wildman–Crippen LogP) is 5.08. The summed E-state index contributed by atoms with van der Waals surface area (Å²) in [6.45, 7) is 0. The van der Waals surface area contributed by atoms with Crippen molar-refractivity contribution in [1.29, 1.82) is 0 Å². The Morgan fingerprint density at radius 3 is 2.45 bits per heavy atom. The molecule has 0 unspecified atom stereocenters. The fraction of sp³-hybridized carbons (Fsp3) is 0.0833. The van der Waals surface area contributed by atoms with E-state index in [4.69, 9.17) is 4.42 Å². The molecule has 1 aromatic carbocycles. The molecule has 0 aliphatic heterocycles. The third-order valence-electron chi connectivity index (χ3n) is 2.35. The molecule has 1 heterocycles. The molecule has 20 heavy (non-hydrogen) atoms. The number of nitrogens with one attached hydrogen (secondary N) is 1. The van der Waals surface area contributed by atoms with E-state index in [9.17, 15) is 18.0 Å². The smallest absolute Gasteiger partial charge is 0.416 e. The van der Waals surface area contributed by atoms with Crippen molar-refractivity contribution in [3.8, 4) is 0 Å². The summed E-state index contributed by atoms with van der Waals surface area (Å²) in [6, 6.07) is 4.57. The third kappa shape index (κ3) is 3.43. The maximum Gasteiger partial charge on any atom is 0.416 e. The Morgan fingerprint density at radius 2 is 1.90 bits per heavy atom. The van der Waals surface area contributed by atoms with Gasteiger partial charge in [0.1, 0.15) is 0 Å². The Kier molecular flexibility index (Phi) is 4.24. The van der Waals surface area contributed by atoms with Crippen molar-refractivity contribution in [2.75, 3.05) is 5.32 Å². The summed E-state index contributed by atoms with van der Waals surface area (Å²) in [5.74, 6) is -0.572. The molecule has 0 radical (unpaired) electrons. The molecule has 0 atom stereocenters. The van der Waals surface area contributed by atoms with Crippen molar-refractivity contribution in [2.45, 2.75) is 6.18 Å². The second-order valence-corrected chi connectivity index (χ2v) is 5.42. The lowest BCUT2D eigenvalue weighted by Gasteiger charge is -2.10. The molecule has 1 amide bonds. The van der Waals surface area contributed by atoms with Gasteiger partial charge >= 0.3 is 6.18 Å². The second kappa shape index (κ2) is 5.61. The first-order valence-corrected chi connectivity index (χ1v) is 6.78. The van der Waals surface area contributed by atoms with Gasteiger partial charge in [0, 0.05) is 10.2 Å². The zero-order valence-corrected chi connectivity index (χ0v) is 12.8. The van der Waals surface area contributed by atoms with E-state index >= 15 is 0 Å². The lowest BCUT2D eigenvalue weighted by Crippen LogP contribution is -2.13. The van der Waals surface area contributed by atoms with E-state index in [1.165, 1.54) is 18.4 Å². The molecule has 8 heteroatoms. The Morgan fingerprint density at radius 1 is 1.20 bits per heavy atom. The van der Waals surface area contributed by atoms with E-state index in [-0.39, 0.29) is 20.4 Å². The number of carbonyl (C=O) groups is 1. The molecular formula is C12H6Br2F3NO2. The van der Waals surface area contributed by atoms with Crippen molar-refractivity contribution < 1.29 is 22.4 Å². The topological polar surface area (TPSA) is 42.2 Å². The second-order valence-electron chi connectivity index (χ2n) is 3.79. The van der Waals surface area contributed by atoms with Crippen molar-refractivity contribution in [2.24, 2.45) is 0 Å². The van der Waals surface area contributed by atoms with Crippen LogP contribution >= 0.6 is 31.9 Å². The first-order valence-electron chi connectivity index (χ1n) is 5.19. The van der Waals surface area contributed by atoms with Gasteiger partial charge in [0.15, 0.2) is 4.67 Å². The minimum Gasteiger partial charge on any atom is -0.457 e. The molecule has 0 spiro atoms. The van der Waals surface area contributed by atoms with E-state index in [1.807, 2.05) is 0 Å². The van der Waals surface area contributed by atoms with Crippen molar-refractivity contribution in [3.63, 3.8) is 0 Å². The van der Waals surface area contributed by atoms with E-state index in [0.29, 0.717) is 0 Å². The van der Waals surface area contributed by atoms with E-state index in [2.05, 4.69) is 37.2 Å². The Balaban J connectivity index is 2.28. The Bertz CT molecular complexity index is 652. The van der Waals surface area contributed by atoms with Crippen LogP contribution in [0.4, 0.5) is 18.9 Å². The van der Waals surface area contributed by atoms with Crippen LogP contribution in [0, 0.1) is 0 Å². The van der Waals surface area contributed by atoms with Crippen LogP contribution in [0.1, 0.15) is 15.9 Å². The third-order valence-corrected chi connectivity index (χ3v) is 3.42. The van der Waals surface area contributed by atoms with Gasteiger partial charge in [-0.3, -0.25) is 4.79 Å². The first kappa shape index (κ1) is 15.1. The number of carbonyl (C=O) groups excluding carboxylic acids is 1. The number of anilines is 1. The number of hydrogen-bond donors (Lipinski definition) is 1. The largest absolute Gasteiger partial charge is 0.457 e. The van der Waals surface area contributed by atoms with Gasteiger partial charge in [-0.05, 0) is 40.2 Å². The van der Waals surface area contributed by atoms with Crippen molar-refractivity contribution >= 4 is 43.5 Å². The van der Waals surface area contributed by atoms with Crippen molar-refractivity contribution in [3.05, 3.63) is 50.8 Å². The number of furan rings is 1. The Labute approximate surface area is 128 Å². The number of benzene rings is 1. The van der Waals surface area contributed by atoms with Gasteiger partial charge in [-0.1, -0.05) is 15.9 Å². The van der Waals surface area contributed by atoms with E-state index in [1.54, 1.807) is 0 Å². The highest BCUT2D eigenvalue weighted by atomic mass is 79.9. The SMILES string of the molecule is O=C(Nc1cc(Br)cc(C(F)(F)F)c1)c1ccoc1Br. The fourth-order valence-corrected chi connectivity index (χ4v) is 2.39. The standard InChI is InChI=1S/C12H6Br2F3NO2/c13-7-3-6(12(15,16)17)4-8(5-7)18-11(19)9-1-2-20-10(9)14/h1-5H,(H,18,19). The Hall–Kier alpha value is -1.28. The van der Waals surface area contributed by atoms with E-state index in [0.717, 1.165) is 12.1 Å². The number of hydrogen-bond acceptors (Lipinski definition) is 2. The molecule has 106 valence electrons. The summed E-state index contributed by atoms with van der Waals surface area (Å²) in [7, 11) is 0. The molecule has 1 aromatic heterocycles. The number of alkyl halides is 3. The van der Waals surface area contributed by atoms with Gasteiger partial charge in [-0.2, -0.15) is 13.2 Å². The average Bonchev–Trinajstić information content (AvgIpc) is 2.73. The molecule has 0 aliphatic rings. The normalized spacial score (nSPS) is 11.4. The van der Waals surface area contributed by atoms with Gasteiger partial charge < -0.3 is 9.73 Å². The lowest BCUT2D eigenvalue weighted by molar-refractivity contribution is -0.137. The summed E-state index contributed by atoms with van der Waals surface area (Å²) in [4.78, 5) is 11.9. The van der Waals surface area contributed by atoms with Crippen LogP contribution in [0.2, 0.25) is 0 Å². The molecule has 0 fully saturated rings. The molecule has 1 N–H and O–H groups in total. The zero-order chi connectivity index (χ0) is 14.9. The summed E-state index contributed by atoms with van der Waals surface area (Å²) in [5.41, 5.74) is -0.628. The summed E-state index contributed by atoms with van der Waals surface area (Å²) in [6.07, 6.45) is -3.19. The monoisotopic (exact) mass is 411 g/mol. The minimum atomic E-state index is -4.49. The van der Waals surface area contributed by atoms with Gasteiger partial charge in [-0.25, -0.2) is 0 Å². The predicted molar refractivity (Wildman–Crippen MR) is 73.5 cm³/mol. The highest BCUT2D eigenvalue weighted by Crippen LogP contribution is 2.33. The van der Waals surface area contributed by atoms with Crippen molar-refractivity contribution in [1.82, 2.24) is 0 Å². The van der Waals surface area contributed by atoms with Crippen LogP contribution in [0.3, 0.4) is 0 Å². The van der Waals surface area contributed by atoms with Gasteiger partial charge in [-0.15, -0.1) is 0 Å². The van der Waals surface area contributed by atoms with Gasteiger partial charge in [0.05, 0.1) is 17.4 Å². The van der Waals surface area contributed by atoms with Crippen LogP contribution in [-0.4, -0.2) is 5.91 Å². The lowest BCUT2D eigenvalue weighted by atomic mass is 10.2. The van der Waals surface area contributed by atoms with Crippen LogP contribution in [-0.2, 0) is 6.18 Å². The molecule has 2 rings (SSSR count). The summed E-state index contributed by atoms with van der Waals surface area (Å²) in [5, 5.41) is 2.38.